The van der Waals surface area contributed by atoms with E-state index in [1.54, 1.807) is 31.2 Å². The first-order chi connectivity index (χ1) is 6.63. The van der Waals surface area contributed by atoms with Crippen molar-refractivity contribution in [2.24, 2.45) is 15.9 Å². The Morgan fingerprint density at radius 3 is 2.43 bits per heavy atom. The summed E-state index contributed by atoms with van der Waals surface area (Å²) in [5.74, 6) is 0.410. The van der Waals surface area contributed by atoms with Crippen LogP contribution in [0.5, 0.6) is 0 Å². The minimum absolute atomic E-state index is 0.410. The van der Waals surface area contributed by atoms with Crippen molar-refractivity contribution >= 4 is 29.8 Å². The van der Waals surface area contributed by atoms with Crippen molar-refractivity contribution in [1.29, 1.82) is 0 Å². The van der Waals surface area contributed by atoms with Crippen LogP contribution in [0.4, 0.5) is 5.69 Å². The molecule has 0 fully saturated rings. The van der Waals surface area contributed by atoms with Crippen molar-refractivity contribution in [3.05, 3.63) is 29.3 Å². The number of anilines is 1. The van der Waals surface area contributed by atoms with Gasteiger partial charge in [0.1, 0.15) is 5.84 Å². The predicted molar refractivity (Wildman–Crippen MR) is 60.8 cm³/mol. The molecule has 2 N–H and O–H groups in total. The van der Waals surface area contributed by atoms with E-state index in [4.69, 9.17) is 17.3 Å². The second-order valence-electron chi connectivity index (χ2n) is 2.65. The lowest BCUT2D eigenvalue weighted by molar-refractivity contribution is 0.930. The van der Waals surface area contributed by atoms with E-state index in [0.717, 1.165) is 5.69 Å². The SMILES string of the molecule is C=NN(/N=C(/C)N)c1ccc(Cl)cc1. The van der Waals surface area contributed by atoms with Crippen LogP contribution in [0, 0.1) is 0 Å². The molecule has 0 aliphatic carbocycles. The van der Waals surface area contributed by atoms with Crippen LogP contribution in [-0.4, -0.2) is 12.6 Å². The summed E-state index contributed by atoms with van der Waals surface area (Å²) in [7, 11) is 0. The Labute approximate surface area is 87.7 Å². The number of halogens is 1. The Bertz CT molecular complexity index is 340. The molecule has 0 saturated heterocycles. The molecule has 0 aromatic heterocycles. The number of hydrazone groups is 2. The summed E-state index contributed by atoms with van der Waals surface area (Å²) in [5.41, 5.74) is 6.19. The predicted octanol–water partition coefficient (Wildman–Crippen LogP) is 2.05. The van der Waals surface area contributed by atoms with Crippen LogP contribution in [0.25, 0.3) is 0 Å². The molecule has 1 rings (SSSR count). The molecule has 0 atom stereocenters. The lowest BCUT2D eigenvalue weighted by atomic mass is 10.3. The summed E-state index contributed by atoms with van der Waals surface area (Å²) in [4.78, 5) is 0. The van der Waals surface area contributed by atoms with Crippen LogP contribution in [0.15, 0.2) is 34.5 Å². The average Bonchev–Trinajstić information content (AvgIpc) is 2.15. The van der Waals surface area contributed by atoms with Gasteiger partial charge in [-0.3, -0.25) is 0 Å². The van der Waals surface area contributed by atoms with E-state index < -0.39 is 0 Å². The van der Waals surface area contributed by atoms with Gasteiger partial charge in [-0.05, 0) is 31.2 Å². The van der Waals surface area contributed by atoms with Gasteiger partial charge in [-0.1, -0.05) is 11.6 Å². The molecule has 74 valence electrons. The molecular formula is C9H11ClN4. The molecule has 0 spiro atoms. The Hall–Kier alpha value is -1.55. The molecule has 0 unspecified atom stereocenters. The largest absolute Gasteiger partial charge is 0.386 e. The fourth-order valence-corrected chi connectivity index (χ4v) is 1.02. The van der Waals surface area contributed by atoms with Crippen molar-refractivity contribution in [1.82, 2.24) is 0 Å². The summed E-state index contributed by atoms with van der Waals surface area (Å²) < 4.78 is 0. The van der Waals surface area contributed by atoms with Gasteiger partial charge in [0.15, 0.2) is 0 Å². The third-order valence-electron chi connectivity index (χ3n) is 1.44. The van der Waals surface area contributed by atoms with Gasteiger partial charge >= 0.3 is 0 Å². The van der Waals surface area contributed by atoms with Gasteiger partial charge in [-0.15, -0.1) is 5.10 Å². The Balaban J connectivity index is 2.95. The molecule has 0 heterocycles. The topological polar surface area (TPSA) is 54.0 Å². The van der Waals surface area contributed by atoms with E-state index in [9.17, 15) is 0 Å². The van der Waals surface area contributed by atoms with Crippen molar-refractivity contribution in [2.45, 2.75) is 6.92 Å². The molecule has 14 heavy (non-hydrogen) atoms. The maximum atomic E-state index is 5.74. The molecule has 0 aliphatic rings. The van der Waals surface area contributed by atoms with Crippen molar-refractivity contribution in [3.63, 3.8) is 0 Å². The number of nitrogens with two attached hydrogens (primary N) is 1. The number of benzene rings is 1. The fraction of sp³-hybridized carbons (Fsp3) is 0.111. The first-order valence-corrected chi connectivity index (χ1v) is 4.34. The second kappa shape index (κ2) is 4.62. The molecule has 0 saturated carbocycles. The number of amidine groups is 1. The summed E-state index contributed by atoms with van der Waals surface area (Å²) in [6, 6.07) is 7.06. The normalized spacial score (nSPS) is 11.1. The molecular weight excluding hydrogens is 200 g/mol. The first kappa shape index (κ1) is 10.5. The van der Waals surface area contributed by atoms with Crippen molar-refractivity contribution in [2.75, 3.05) is 5.12 Å². The maximum absolute atomic E-state index is 5.74. The van der Waals surface area contributed by atoms with Crippen molar-refractivity contribution in [3.8, 4) is 0 Å². The zero-order chi connectivity index (χ0) is 10.6. The lowest BCUT2D eigenvalue weighted by Crippen LogP contribution is -2.15. The van der Waals surface area contributed by atoms with Gasteiger partial charge in [0.05, 0.1) is 5.69 Å². The van der Waals surface area contributed by atoms with Crippen LogP contribution in [0.2, 0.25) is 5.02 Å². The highest BCUT2D eigenvalue weighted by Gasteiger charge is 2.01. The third kappa shape index (κ3) is 2.74. The average molecular weight is 211 g/mol. The first-order valence-electron chi connectivity index (χ1n) is 3.96. The van der Waals surface area contributed by atoms with Crippen LogP contribution in [0.1, 0.15) is 6.92 Å². The highest BCUT2D eigenvalue weighted by Crippen LogP contribution is 2.18. The van der Waals surface area contributed by atoms with Gasteiger partial charge in [-0.25, -0.2) is 0 Å². The fourth-order valence-electron chi connectivity index (χ4n) is 0.895. The Kier molecular flexibility index (Phi) is 3.48. The Morgan fingerprint density at radius 1 is 1.43 bits per heavy atom. The van der Waals surface area contributed by atoms with E-state index in [1.165, 1.54) is 5.12 Å². The highest BCUT2D eigenvalue weighted by molar-refractivity contribution is 6.30. The second-order valence-corrected chi connectivity index (χ2v) is 3.09. The minimum Gasteiger partial charge on any atom is -0.386 e. The van der Waals surface area contributed by atoms with Crippen molar-refractivity contribution < 1.29 is 0 Å². The zero-order valence-corrected chi connectivity index (χ0v) is 8.57. The van der Waals surface area contributed by atoms with Crippen LogP contribution in [0.3, 0.4) is 0 Å². The molecule has 0 amide bonds. The summed E-state index contributed by atoms with van der Waals surface area (Å²) >= 11 is 5.74. The molecule has 5 heteroatoms. The molecule has 1 aromatic rings. The van der Waals surface area contributed by atoms with E-state index in [-0.39, 0.29) is 0 Å². The molecule has 0 bridgehead atoms. The molecule has 4 nitrogen and oxygen atoms in total. The lowest BCUT2D eigenvalue weighted by Gasteiger charge is -2.12. The van der Waals surface area contributed by atoms with Crippen LogP contribution in [-0.2, 0) is 0 Å². The summed E-state index contributed by atoms with van der Waals surface area (Å²) in [6.07, 6.45) is 0. The quantitative estimate of drug-likeness (QED) is 0.472. The smallest absolute Gasteiger partial charge is 0.119 e. The van der Waals surface area contributed by atoms with Gasteiger partial charge < -0.3 is 5.73 Å². The maximum Gasteiger partial charge on any atom is 0.119 e. The van der Waals surface area contributed by atoms with Gasteiger partial charge in [0.25, 0.3) is 0 Å². The standard InChI is InChI=1S/C9H11ClN4/c1-7(11)13-14(12-2)9-5-3-8(10)4-6-9/h3-6H,2H2,1H3,(H2,11,13). The summed E-state index contributed by atoms with van der Waals surface area (Å²) in [6.45, 7) is 5.07. The number of hydrogen-bond donors (Lipinski definition) is 1. The minimum atomic E-state index is 0.410. The molecule has 0 radical (unpaired) electrons. The number of hydrogen-bond acceptors (Lipinski definition) is 3. The summed E-state index contributed by atoms with van der Waals surface area (Å²) in [5, 5.41) is 9.65. The van der Waals surface area contributed by atoms with Crippen LogP contribution < -0.4 is 10.9 Å². The number of rotatable bonds is 3. The monoisotopic (exact) mass is 210 g/mol. The highest BCUT2D eigenvalue weighted by atomic mass is 35.5. The van der Waals surface area contributed by atoms with E-state index in [0.29, 0.717) is 10.9 Å². The van der Waals surface area contributed by atoms with Gasteiger partial charge in [-0.2, -0.15) is 10.2 Å². The van der Waals surface area contributed by atoms with E-state index in [1.807, 2.05) is 0 Å². The van der Waals surface area contributed by atoms with Gasteiger partial charge in [0.2, 0.25) is 0 Å². The van der Waals surface area contributed by atoms with Gasteiger partial charge in [0, 0.05) is 11.7 Å². The van der Waals surface area contributed by atoms with E-state index in [2.05, 4.69) is 16.9 Å². The Morgan fingerprint density at radius 2 is 2.00 bits per heavy atom. The van der Waals surface area contributed by atoms with Crippen LogP contribution >= 0.6 is 11.6 Å². The molecule has 0 aliphatic heterocycles. The molecule has 1 aromatic carbocycles. The number of nitrogens with zero attached hydrogens (tertiary/aromatic N) is 3. The van der Waals surface area contributed by atoms with E-state index >= 15 is 0 Å². The third-order valence-corrected chi connectivity index (χ3v) is 1.70. The zero-order valence-electron chi connectivity index (χ0n) is 7.81.